The molecule has 0 fully saturated rings. The number of hydrogen-bond donors (Lipinski definition) is 0. The molecule has 0 saturated carbocycles. The van der Waals surface area contributed by atoms with Gasteiger partial charge < -0.3 is 9.47 Å². The Morgan fingerprint density at radius 3 is 2.61 bits per heavy atom. The molecule has 0 amide bonds. The number of hydrogen-bond acceptors (Lipinski definition) is 5. The summed E-state index contributed by atoms with van der Waals surface area (Å²) in [5.41, 5.74) is 2.09. The van der Waals surface area contributed by atoms with E-state index in [-0.39, 0.29) is 0 Å². The van der Waals surface area contributed by atoms with Crippen molar-refractivity contribution in [3.63, 3.8) is 0 Å². The summed E-state index contributed by atoms with van der Waals surface area (Å²) < 4.78 is 12.7. The SMILES string of the molecule is COc1ccc(OC)c(CSc2nncn2-c2ccccc2)c1. The lowest BCUT2D eigenvalue weighted by molar-refractivity contribution is 0.400. The monoisotopic (exact) mass is 327 g/mol. The van der Waals surface area contributed by atoms with Gasteiger partial charge in [0.2, 0.25) is 0 Å². The van der Waals surface area contributed by atoms with E-state index < -0.39 is 0 Å². The van der Waals surface area contributed by atoms with E-state index in [0.29, 0.717) is 5.75 Å². The van der Waals surface area contributed by atoms with Crippen LogP contribution in [-0.2, 0) is 5.75 Å². The van der Waals surface area contributed by atoms with E-state index in [4.69, 9.17) is 9.47 Å². The summed E-state index contributed by atoms with van der Waals surface area (Å²) in [6.07, 6.45) is 1.72. The second kappa shape index (κ2) is 7.19. The lowest BCUT2D eigenvalue weighted by Gasteiger charge is -2.10. The van der Waals surface area contributed by atoms with Crippen molar-refractivity contribution in [1.29, 1.82) is 0 Å². The minimum atomic E-state index is 0.714. The van der Waals surface area contributed by atoms with Gasteiger partial charge in [-0.25, -0.2) is 0 Å². The van der Waals surface area contributed by atoms with Crippen LogP contribution in [0.4, 0.5) is 0 Å². The Morgan fingerprint density at radius 2 is 1.87 bits per heavy atom. The van der Waals surface area contributed by atoms with E-state index in [1.54, 1.807) is 32.3 Å². The van der Waals surface area contributed by atoms with E-state index in [2.05, 4.69) is 10.2 Å². The molecular weight excluding hydrogens is 310 g/mol. The number of ether oxygens (including phenoxy) is 2. The number of methoxy groups -OCH3 is 2. The van der Waals surface area contributed by atoms with Gasteiger partial charge in [-0.1, -0.05) is 30.0 Å². The van der Waals surface area contributed by atoms with Crippen LogP contribution >= 0.6 is 11.8 Å². The molecule has 2 aromatic carbocycles. The van der Waals surface area contributed by atoms with E-state index >= 15 is 0 Å². The van der Waals surface area contributed by atoms with Gasteiger partial charge in [0.15, 0.2) is 5.16 Å². The standard InChI is InChI=1S/C17H17N3O2S/c1-21-15-8-9-16(22-2)13(10-15)11-23-17-19-18-12-20(17)14-6-4-3-5-7-14/h3-10,12H,11H2,1-2H3. The molecule has 0 unspecified atom stereocenters. The van der Waals surface area contributed by atoms with Gasteiger partial charge >= 0.3 is 0 Å². The van der Waals surface area contributed by atoms with Gasteiger partial charge in [0.05, 0.1) is 14.2 Å². The fourth-order valence-electron chi connectivity index (χ4n) is 2.23. The van der Waals surface area contributed by atoms with Gasteiger partial charge in [-0.3, -0.25) is 4.57 Å². The smallest absolute Gasteiger partial charge is 0.195 e. The Bertz CT molecular complexity index is 775. The molecular formula is C17H17N3O2S. The molecule has 0 aliphatic rings. The molecule has 118 valence electrons. The normalized spacial score (nSPS) is 10.5. The van der Waals surface area contributed by atoms with Gasteiger partial charge in [-0.15, -0.1) is 10.2 Å². The maximum absolute atomic E-state index is 5.42. The van der Waals surface area contributed by atoms with Crippen molar-refractivity contribution in [2.75, 3.05) is 14.2 Å². The molecule has 0 atom stereocenters. The zero-order valence-electron chi connectivity index (χ0n) is 13.0. The highest BCUT2D eigenvalue weighted by Crippen LogP contribution is 2.30. The van der Waals surface area contributed by atoms with Gasteiger partial charge in [0.25, 0.3) is 0 Å². The van der Waals surface area contributed by atoms with Crippen LogP contribution in [0.15, 0.2) is 60.0 Å². The third-order valence-corrected chi connectivity index (χ3v) is 4.39. The molecule has 1 aromatic heterocycles. The summed E-state index contributed by atoms with van der Waals surface area (Å²) in [6.45, 7) is 0. The van der Waals surface area contributed by atoms with Crippen LogP contribution < -0.4 is 9.47 Å². The lowest BCUT2D eigenvalue weighted by Crippen LogP contribution is -1.96. The molecule has 0 spiro atoms. The molecule has 5 nitrogen and oxygen atoms in total. The molecule has 3 aromatic rings. The highest BCUT2D eigenvalue weighted by molar-refractivity contribution is 7.98. The highest BCUT2D eigenvalue weighted by Gasteiger charge is 2.10. The molecule has 0 saturated heterocycles. The first-order valence-electron chi connectivity index (χ1n) is 7.11. The Morgan fingerprint density at radius 1 is 1.04 bits per heavy atom. The van der Waals surface area contributed by atoms with E-state index in [9.17, 15) is 0 Å². The zero-order chi connectivity index (χ0) is 16.1. The topological polar surface area (TPSA) is 49.2 Å². The van der Waals surface area contributed by atoms with Gasteiger partial charge in [-0.2, -0.15) is 0 Å². The Labute approximate surface area is 139 Å². The lowest BCUT2D eigenvalue weighted by atomic mass is 10.2. The molecule has 0 aliphatic heterocycles. The number of rotatable bonds is 6. The van der Waals surface area contributed by atoms with E-state index in [0.717, 1.165) is 27.9 Å². The average molecular weight is 327 g/mol. The van der Waals surface area contributed by atoms with Crippen LogP contribution in [0.2, 0.25) is 0 Å². The fraction of sp³-hybridized carbons (Fsp3) is 0.176. The largest absolute Gasteiger partial charge is 0.497 e. The van der Waals surface area contributed by atoms with Gasteiger partial charge in [0, 0.05) is 17.0 Å². The molecule has 23 heavy (non-hydrogen) atoms. The maximum atomic E-state index is 5.42. The van der Waals surface area contributed by atoms with Crippen molar-refractivity contribution in [2.45, 2.75) is 10.9 Å². The minimum absolute atomic E-state index is 0.714. The van der Waals surface area contributed by atoms with Crippen LogP contribution in [0.1, 0.15) is 5.56 Å². The van der Waals surface area contributed by atoms with Crippen LogP contribution in [-0.4, -0.2) is 29.0 Å². The summed E-state index contributed by atoms with van der Waals surface area (Å²) >= 11 is 1.60. The maximum Gasteiger partial charge on any atom is 0.195 e. The third kappa shape index (κ3) is 3.48. The molecule has 0 aliphatic carbocycles. The van der Waals surface area contributed by atoms with Gasteiger partial charge in [-0.05, 0) is 30.3 Å². The fourth-order valence-corrected chi connectivity index (χ4v) is 3.13. The quantitative estimate of drug-likeness (QED) is 0.648. The summed E-state index contributed by atoms with van der Waals surface area (Å²) in [4.78, 5) is 0. The predicted molar refractivity (Wildman–Crippen MR) is 90.5 cm³/mol. The molecule has 3 rings (SSSR count). The first kappa shape index (κ1) is 15.4. The van der Waals surface area contributed by atoms with Crippen molar-refractivity contribution in [3.05, 3.63) is 60.4 Å². The van der Waals surface area contributed by atoms with Crippen molar-refractivity contribution in [3.8, 4) is 17.2 Å². The predicted octanol–water partition coefficient (Wildman–Crippen LogP) is 3.58. The molecule has 6 heteroatoms. The van der Waals surface area contributed by atoms with Crippen molar-refractivity contribution in [2.24, 2.45) is 0 Å². The highest BCUT2D eigenvalue weighted by atomic mass is 32.2. The molecule has 1 heterocycles. The first-order chi connectivity index (χ1) is 11.3. The molecule has 0 radical (unpaired) electrons. The Kier molecular flexibility index (Phi) is 4.83. The average Bonchev–Trinajstić information content (AvgIpc) is 3.09. The van der Waals surface area contributed by atoms with Crippen LogP contribution in [0, 0.1) is 0 Å². The Hall–Kier alpha value is -2.47. The number of para-hydroxylation sites is 1. The summed E-state index contributed by atoms with van der Waals surface area (Å²) in [5.74, 6) is 2.36. The molecule has 0 N–H and O–H groups in total. The summed E-state index contributed by atoms with van der Waals surface area (Å²) in [5, 5.41) is 9.07. The van der Waals surface area contributed by atoms with E-state index in [1.807, 2.05) is 53.1 Å². The number of benzene rings is 2. The number of nitrogens with zero attached hydrogens (tertiary/aromatic N) is 3. The number of aromatic nitrogens is 3. The second-order valence-electron chi connectivity index (χ2n) is 4.79. The van der Waals surface area contributed by atoms with E-state index in [1.165, 1.54) is 0 Å². The second-order valence-corrected chi connectivity index (χ2v) is 5.73. The summed E-state index contributed by atoms with van der Waals surface area (Å²) in [6, 6.07) is 15.8. The minimum Gasteiger partial charge on any atom is -0.497 e. The summed E-state index contributed by atoms with van der Waals surface area (Å²) in [7, 11) is 3.33. The third-order valence-electron chi connectivity index (χ3n) is 3.40. The van der Waals surface area contributed by atoms with Crippen molar-refractivity contribution in [1.82, 2.24) is 14.8 Å². The van der Waals surface area contributed by atoms with Crippen molar-refractivity contribution >= 4 is 11.8 Å². The molecule has 0 bridgehead atoms. The van der Waals surface area contributed by atoms with Gasteiger partial charge in [0.1, 0.15) is 17.8 Å². The van der Waals surface area contributed by atoms with Crippen LogP contribution in [0.5, 0.6) is 11.5 Å². The first-order valence-corrected chi connectivity index (χ1v) is 8.09. The van der Waals surface area contributed by atoms with Crippen LogP contribution in [0.25, 0.3) is 5.69 Å². The van der Waals surface area contributed by atoms with Crippen LogP contribution in [0.3, 0.4) is 0 Å². The zero-order valence-corrected chi connectivity index (χ0v) is 13.8. The van der Waals surface area contributed by atoms with Crippen molar-refractivity contribution < 1.29 is 9.47 Å². The Balaban J connectivity index is 1.81. The number of thioether (sulfide) groups is 1.